The van der Waals surface area contributed by atoms with Gasteiger partial charge in [-0.1, -0.05) is 108 Å². The van der Waals surface area contributed by atoms with Crippen molar-refractivity contribution in [3.8, 4) is 28.7 Å². The van der Waals surface area contributed by atoms with Crippen molar-refractivity contribution in [2.75, 3.05) is 0 Å². The predicted octanol–water partition coefficient (Wildman–Crippen LogP) is 6.41. The van der Waals surface area contributed by atoms with Crippen LogP contribution in [0.15, 0.2) is 103 Å². The van der Waals surface area contributed by atoms with Crippen molar-refractivity contribution in [1.82, 2.24) is 25.0 Å². The third-order valence-electron chi connectivity index (χ3n) is 6.46. The van der Waals surface area contributed by atoms with E-state index in [-0.39, 0.29) is 18.0 Å². The Bertz CT molecular complexity index is 1810. The number of hydrogen-bond donors (Lipinski definition) is 1. The number of carbonyl (C=O) groups is 1. The van der Waals surface area contributed by atoms with Crippen LogP contribution in [0, 0.1) is 11.3 Å². The van der Waals surface area contributed by atoms with E-state index in [1.165, 1.54) is 4.68 Å². The van der Waals surface area contributed by atoms with Gasteiger partial charge in [0.15, 0.2) is 11.5 Å². The van der Waals surface area contributed by atoms with Crippen LogP contribution in [0.3, 0.4) is 0 Å². The van der Waals surface area contributed by atoms with Gasteiger partial charge >= 0.3 is 0 Å². The molecule has 0 radical (unpaired) electrons. The van der Waals surface area contributed by atoms with Crippen LogP contribution >= 0.6 is 0 Å². The Morgan fingerprint density at radius 3 is 2.13 bits per heavy atom. The maximum absolute atomic E-state index is 12.6. The van der Waals surface area contributed by atoms with E-state index in [1.807, 2.05) is 66.7 Å². The third-order valence-corrected chi connectivity index (χ3v) is 6.46. The number of carbonyl (C=O) groups excluding carboxylic acids is 1. The van der Waals surface area contributed by atoms with E-state index in [0.29, 0.717) is 11.3 Å². The van der Waals surface area contributed by atoms with Crippen LogP contribution in [0.25, 0.3) is 45.8 Å². The van der Waals surface area contributed by atoms with E-state index in [0.717, 1.165) is 39.1 Å². The zero-order valence-corrected chi connectivity index (χ0v) is 20.8. The molecule has 0 spiro atoms. The number of rotatable bonds is 7. The number of aromatic nitrogens is 5. The molecule has 0 unspecified atom stereocenters. The Labute approximate surface area is 224 Å². The van der Waals surface area contributed by atoms with Crippen LogP contribution in [0.4, 0.5) is 0 Å². The molecule has 6 aromatic rings. The van der Waals surface area contributed by atoms with Gasteiger partial charge in [-0.15, -0.1) is 5.10 Å². The average Bonchev–Trinajstić information content (AvgIpc) is 3.61. The molecule has 0 aliphatic carbocycles. The summed E-state index contributed by atoms with van der Waals surface area (Å²) in [6, 6.07) is 35.0. The van der Waals surface area contributed by atoms with Gasteiger partial charge in [0.2, 0.25) is 0 Å². The zero-order chi connectivity index (χ0) is 26.6. The molecule has 0 aliphatic heterocycles. The lowest BCUT2D eigenvalue weighted by Gasteiger charge is -2.03. The van der Waals surface area contributed by atoms with Gasteiger partial charge in [0.25, 0.3) is 0 Å². The molecule has 0 fully saturated rings. The molecule has 39 heavy (non-hydrogen) atoms. The fraction of sp³-hybridized carbons (Fsp3) is 0.0312. The molecular weight excluding hydrogens is 484 g/mol. The second-order valence-corrected chi connectivity index (χ2v) is 9.03. The number of fused-ring (bicyclic) bond motifs is 1. The van der Waals surface area contributed by atoms with E-state index in [1.54, 1.807) is 24.3 Å². The largest absolute Gasteiger partial charge is 0.338 e. The standard InChI is InChI=1S/C32H22N6O/c33-20-29-31(36-37-38(29)21-30(39)24-6-2-1-3-7-24)25-16-12-22(13-17-25)10-11-23-14-18-26(19-15-23)32-34-27-8-4-5-9-28(27)35-32/h1-19H,21H2,(H,34,35)/b11-10+. The summed E-state index contributed by atoms with van der Waals surface area (Å²) in [5.74, 6) is 0.718. The number of benzene rings is 4. The molecule has 7 nitrogen and oxygen atoms in total. The lowest BCUT2D eigenvalue weighted by Crippen LogP contribution is -2.13. The molecule has 6 rings (SSSR count). The normalized spacial score (nSPS) is 11.2. The fourth-order valence-electron chi connectivity index (χ4n) is 4.37. The number of nitrogens with zero attached hydrogens (tertiary/aromatic N) is 5. The van der Waals surface area contributed by atoms with Crippen molar-refractivity contribution in [1.29, 1.82) is 5.26 Å². The maximum Gasteiger partial charge on any atom is 0.184 e. The monoisotopic (exact) mass is 506 g/mol. The van der Waals surface area contributed by atoms with E-state index in [2.05, 4.69) is 50.6 Å². The Kier molecular flexibility index (Phi) is 6.34. The van der Waals surface area contributed by atoms with Gasteiger partial charge in [0, 0.05) is 16.7 Å². The summed E-state index contributed by atoms with van der Waals surface area (Å²) in [4.78, 5) is 20.6. The highest BCUT2D eigenvalue weighted by atomic mass is 16.1. The van der Waals surface area contributed by atoms with Crippen LogP contribution in [0.1, 0.15) is 27.2 Å². The number of para-hydroxylation sites is 2. The summed E-state index contributed by atoms with van der Waals surface area (Å²) in [5.41, 5.74) is 7.11. The Hall–Kier alpha value is -5.61. The number of nitriles is 1. The predicted molar refractivity (Wildman–Crippen MR) is 151 cm³/mol. The summed E-state index contributed by atoms with van der Waals surface area (Å²) < 4.78 is 1.35. The van der Waals surface area contributed by atoms with Crippen LogP contribution in [0.2, 0.25) is 0 Å². The summed E-state index contributed by atoms with van der Waals surface area (Å²) in [6.45, 7) is -0.0458. The molecule has 1 N–H and O–H groups in total. The minimum absolute atomic E-state index is 0.0458. The first kappa shape index (κ1) is 23.8. The minimum Gasteiger partial charge on any atom is -0.338 e. The molecular formula is C32H22N6O. The van der Waals surface area contributed by atoms with Gasteiger partial charge in [-0.25, -0.2) is 9.67 Å². The van der Waals surface area contributed by atoms with Crippen molar-refractivity contribution in [2.45, 2.75) is 6.54 Å². The summed E-state index contributed by atoms with van der Waals surface area (Å²) in [5, 5.41) is 18.0. The molecule has 186 valence electrons. The minimum atomic E-state index is -0.130. The molecule has 0 saturated heterocycles. The SMILES string of the molecule is N#Cc1c(-c2ccc(/C=C/c3ccc(-c4nc5ccccc5[nH]4)cc3)cc2)nnn1CC(=O)c1ccccc1. The molecule has 0 saturated carbocycles. The molecule has 0 aliphatic rings. The first-order valence-electron chi connectivity index (χ1n) is 12.4. The maximum atomic E-state index is 12.6. The molecule has 4 aromatic carbocycles. The van der Waals surface area contributed by atoms with Crippen LogP contribution in [-0.4, -0.2) is 30.7 Å². The Morgan fingerprint density at radius 2 is 1.46 bits per heavy atom. The second kappa shape index (κ2) is 10.4. The molecule has 0 amide bonds. The molecule has 0 atom stereocenters. The number of Topliss-reactive ketones (excluding diaryl/α,β-unsaturated/α-hetero) is 1. The average molecular weight is 507 g/mol. The Balaban J connectivity index is 1.15. The van der Waals surface area contributed by atoms with Crippen molar-refractivity contribution in [2.24, 2.45) is 0 Å². The van der Waals surface area contributed by atoms with Crippen LogP contribution in [-0.2, 0) is 6.54 Å². The van der Waals surface area contributed by atoms with Crippen LogP contribution < -0.4 is 0 Å². The lowest BCUT2D eigenvalue weighted by atomic mass is 10.1. The quantitative estimate of drug-likeness (QED) is 0.199. The summed E-state index contributed by atoms with van der Waals surface area (Å²) in [7, 11) is 0. The highest BCUT2D eigenvalue weighted by Gasteiger charge is 2.17. The van der Waals surface area contributed by atoms with Crippen molar-refractivity contribution in [3.63, 3.8) is 0 Å². The molecule has 2 aromatic heterocycles. The van der Waals surface area contributed by atoms with E-state index < -0.39 is 0 Å². The molecule has 7 heteroatoms. The van der Waals surface area contributed by atoms with Gasteiger partial charge in [0.05, 0.1) is 11.0 Å². The van der Waals surface area contributed by atoms with Gasteiger partial charge in [-0.05, 0) is 23.3 Å². The fourth-order valence-corrected chi connectivity index (χ4v) is 4.37. The lowest BCUT2D eigenvalue weighted by molar-refractivity contribution is 0.0966. The topological polar surface area (TPSA) is 100 Å². The van der Waals surface area contributed by atoms with Crippen molar-refractivity contribution in [3.05, 3.63) is 126 Å². The first-order chi connectivity index (χ1) is 19.2. The molecule has 0 bridgehead atoms. The number of aromatic amines is 1. The number of H-pyrrole nitrogens is 1. The van der Waals surface area contributed by atoms with Crippen molar-refractivity contribution < 1.29 is 4.79 Å². The third kappa shape index (κ3) is 4.99. The summed E-state index contributed by atoms with van der Waals surface area (Å²) in [6.07, 6.45) is 4.07. The number of nitrogens with one attached hydrogen (secondary N) is 1. The number of imidazole rings is 1. The van der Waals surface area contributed by atoms with Gasteiger partial charge in [-0.3, -0.25) is 4.79 Å². The van der Waals surface area contributed by atoms with Gasteiger partial charge in [-0.2, -0.15) is 5.26 Å². The van der Waals surface area contributed by atoms with E-state index in [9.17, 15) is 10.1 Å². The van der Waals surface area contributed by atoms with Gasteiger partial charge < -0.3 is 4.98 Å². The summed E-state index contributed by atoms with van der Waals surface area (Å²) >= 11 is 0. The highest BCUT2D eigenvalue weighted by molar-refractivity contribution is 5.96. The van der Waals surface area contributed by atoms with Gasteiger partial charge in [0.1, 0.15) is 24.1 Å². The zero-order valence-electron chi connectivity index (χ0n) is 20.8. The van der Waals surface area contributed by atoms with Crippen LogP contribution in [0.5, 0.6) is 0 Å². The number of ketones is 1. The smallest absolute Gasteiger partial charge is 0.184 e. The van der Waals surface area contributed by atoms with E-state index in [4.69, 9.17) is 0 Å². The first-order valence-corrected chi connectivity index (χ1v) is 12.4. The molecule has 2 heterocycles. The number of hydrogen-bond acceptors (Lipinski definition) is 5. The second-order valence-electron chi connectivity index (χ2n) is 9.03. The van der Waals surface area contributed by atoms with E-state index >= 15 is 0 Å². The highest BCUT2D eigenvalue weighted by Crippen LogP contribution is 2.24. The van der Waals surface area contributed by atoms with Crippen molar-refractivity contribution >= 4 is 29.0 Å². The Morgan fingerprint density at radius 1 is 0.821 bits per heavy atom.